The van der Waals surface area contributed by atoms with E-state index in [2.05, 4.69) is 27.2 Å². The van der Waals surface area contributed by atoms with Gasteiger partial charge in [-0.2, -0.15) is 0 Å². The molecule has 0 radical (unpaired) electrons. The molecule has 2 bridgehead atoms. The molecule has 6 nitrogen and oxygen atoms in total. The quantitative estimate of drug-likeness (QED) is 0.846. The van der Waals surface area contributed by atoms with Gasteiger partial charge < -0.3 is 15.0 Å². The van der Waals surface area contributed by atoms with Crippen LogP contribution in [0, 0.1) is 0 Å². The number of hydrogen-bond donors (Lipinski definition) is 1. The lowest BCUT2D eigenvalue weighted by molar-refractivity contribution is -0.135. The fraction of sp³-hybridized carbons (Fsp3) is 0.652. The van der Waals surface area contributed by atoms with E-state index in [1.807, 2.05) is 19.1 Å². The predicted octanol–water partition coefficient (Wildman–Crippen LogP) is 2.61. The molecule has 1 unspecified atom stereocenters. The molecule has 29 heavy (non-hydrogen) atoms. The second-order valence-corrected chi connectivity index (χ2v) is 8.10. The van der Waals surface area contributed by atoms with E-state index in [0.717, 1.165) is 50.9 Å². The number of carbonyl (C=O) groups is 2. The molecule has 0 aliphatic carbocycles. The van der Waals surface area contributed by atoms with Crippen LogP contribution in [0.5, 0.6) is 5.75 Å². The zero-order chi connectivity index (χ0) is 20.5. The highest BCUT2D eigenvalue weighted by Gasteiger charge is 2.26. The van der Waals surface area contributed by atoms with Gasteiger partial charge in [-0.25, -0.2) is 0 Å². The number of aryl methyl sites for hydroxylation is 1. The zero-order valence-corrected chi connectivity index (χ0v) is 17.7. The van der Waals surface area contributed by atoms with Crippen molar-refractivity contribution < 1.29 is 14.3 Å². The molecule has 1 N–H and O–H groups in total. The fourth-order valence-corrected chi connectivity index (χ4v) is 4.37. The standard InChI is InChI=1S/C23H35N3O3/c1-2-24-22(27)18-25-13-6-10-23(28)26-14-4-3-8-20(26)12-11-19-7-5-9-21(17-19)29-16-15-25/h5,7,9,17,20H,2-4,6,8,10-16,18H2,1H3,(H,24,27). The molecule has 2 aliphatic rings. The summed E-state index contributed by atoms with van der Waals surface area (Å²) in [4.78, 5) is 29.2. The van der Waals surface area contributed by atoms with E-state index in [9.17, 15) is 9.59 Å². The van der Waals surface area contributed by atoms with Crippen molar-refractivity contribution in [2.24, 2.45) is 0 Å². The average molecular weight is 402 g/mol. The summed E-state index contributed by atoms with van der Waals surface area (Å²) in [7, 11) is 0. The van der Waals surface area contributed by atoms with Gasteiger partial charge in [-0.3, -0.25) is 14.5 Å². The number of fused-ring (bicyclic) bond motifs is 3. The van der Waals surface area contributed by atoms with Crippen LogP contribution < -0.4 is 10.1 Å². The van der Waals surface area contributed by atoms with Crippen LogP contribution in [0.15, 0.2) is 24.3 Å². The van der Waals surface area contributed by atoms with Crippen LogP contribution >= 0.6 is 0 Å². The minimum atomic E-state index is 0.0230. The lowest BCUT2D eigenvalue weighted by Crippen LogP contribution is -2.44. The molecule has 6 heteroatoms. The minimum Gasteiger partial charge on any atom is -0.492 e. The molecule has 0 saturated carbocycles. The van der Waals surface area contributed by atoms with Gasteiger partial charge in [0.15, 0.2) is 0 Å². The summed E-state index contributed by atoms with van der Waals surface area (Å²) in [6.07, 6.45) is 6.72. The highest BCUT2D eigenvalue weighted by atomic mass is 16.5. The highest BCUT2D eigenvalue weighted by Crippen LogP contribution is 2.24. The van der Waals surface area contributed by atoms with Crippen LogP contribution in [-0.2, 0) is 16.0 Å². The number of nitrogens with zero attached hydrogens (tertiary/aromatic N) is 2. The summed E-state index contributed by atoms with van der Waals surface area (Å²) < 4.78 is 5.97. The van der Waals surface area contributed by atoms with E-state index in [4.69, 9.17) is 4.74 Å². The molecular formula is C23H35N3O3. The van der Waals surface area contributed by atoms with E-state index in [-0.39, 0.29) is 11.8 Å². The Kier molecular flexibility index (Phi) is 8.35. The van der Waals surface area contributed by atoms with Crippen molar-refractivity contribution in [3.05, 3.63) is 29.8 Å². The Morgan fingerprint density at radius 2 is 2.03 bits per heavy atom. The Hall–Kier alpha value is -2.08. The highest BCUT2D eigenvalue weighted by molar-refractivity contribution is 5.78. The Balaban J connectivity index is 1.71. The number of carbonyl (C=O) groups excluding carboxylic acids is 2. The molecule has 1 atom stereocenters. The van der Waals surface area contributed by atoms with Gasteiger partial charge in [-0.15, -0.1) is 0 Å². The Morgan fingerprint density at radius 1 is 1.14 bits per heavy atom. The zero-order valence-electron chi connectivity index (χ0n) is 17.7. The third-order valence-corrected chi connectivity index (χ3v) is 5.89. The number of benzene rings is 1. The maximum Gasteiger partial charge on any atom is 0.234 e. The van der Waals surface area contributed by atoms with Crippen molar-refractivity contribution >= 4 is 11.8 Å². The summed E-state index contributed by atoms with van der Waals surface area (Å²) in [5.41, 5.74) is 1.26. The van der Waals surface area contributed by atoms with Gasteiger partial charge in [0, 0.05) is 32.1 Å². The number of ether oxygens (including phenoxy) is 1. The van der Waals surface area contributed by atoms with Gasteiger partial charge in [-0.05, 0) is 69.7 Å². The summed E-state index contributed by atoms with van der Waals surface area (Å²) in [6, 6.07) is 8.63. The number of nitrogens with one attached hydrogen (secondary N) is 1. The monoisotopic (exact) mass is 401 g/mol. The lowest BCUT2D eigenvalue weighted by Gasteiger charge is -2.36. The van der Waals surface area contributed by atoms with E-state index in [1.54, 1.807) is 0 Å². The van der Waals surface area contributed by atoms with E-state index in [1.165, 1.54) is 12.0 Å². The summed E-state index contributed by atoms with van der Waals surface area (Å²) in [5, 5.41) is 2.86. The summed E-state index contributed by atoms with van der Waals surface area (Å²) in [6.45, 7) is 5.71. The number of amides is 2. The van der Waals surface area contributed by atoms with Gasteiger partial charge in [0.05, 0.1) is 6.54 Å². The molecular weight excluding hydrogens is 366 g/mol. The molecule has 1 aromatic carbocycles. The maximum absolute atomic E-state index is 12.9. The predicted molar refractivity (Wildman–Crippen MR) is 114 cm³/mol. The first kappa shape index (κ1) is 21.6. The third-order valence-electron chi connectivity index (χ3n) is 5.89. The second kappa shape index (κ2) is 11.2. The summed E-state index contributed by atoms with van der Waals surface area (Å²) >= 11 is 0. The van der Waals surface area contributed by atoms with Crippen molar-refractivity contribution in [2.45, 2.75) is 57.9 Å². The second-order valence-electron chi connectivity index (χ2n) is 8.10. The van der Waals surface area contributed by atoms with Crippen LogP contribution in [0.25, 0.3) is 0 Å². The molecule has 0 aromatic heterocycles. The molecule has 3 rings (SSSR count). The van der Waals surface area contributed by atoms with Crippen LogP contribution in [0.3, 0.4) is 0 Å². The first-order valence-corrected chi connectivity index (χ1v) is 11.2. The third kappa shape index (κ3) is 6.74. The molecule has 160 valence electrons. The van der Waals surface area contributed by atoms with Crippen LogP contribution in [-0.4, -0.2) is 67.0 Å². The van der Waals surface area contributed by atoms with Gasteiger partial charge in [0.25, 0.3) is 0 Å². The number of rotatable bonds is 3. The lowest BCUT2D eigenvalue weighted by atomic mass is 9.95. The van der Waals surface area contributed by atoms with Gasteiger partial charge in [-0.1, -0.05) is 12.1 Å². The first-order chi connectivity index (χ1) is 14.2. The molecule has 2 aliphatic heterocycles. The molecule has 1 fully saturated rings. The van der Waals surface area contributed by atoms with Crippen molar-refractivity contribution in [2.75, 3.05) is 39.3 Å². The van der Waals surface area contributed by atoms with Crippen LogP contribution in [0.4, 0.5) is 0 Å². The van der Waals surface area contributed by atoms with Crippen LogP contribution in [0.2, 0.25) is 0 Å². The van der Waals surface area contributed by atoms with Crippen molar-refractivity contribution in [3.8, 4) is 5.75 Å². The normalized spacial score (nSPS) is 22.0. The molecule has 1 saturated heterocycles. The largest absolute Gasteiger partial charge is 0.492 e. The smallest absolute Gasteiger partial charge is 0.234 e. The van der Waals surface area contributed by atoms with E-state index >= 15 is 0 Å². The summed E-state index contributed by atoms with van der Waals surface area (Å²) in [5.74, 6) is 1.18. The average Bonchev–Trinajstić information content (AvgIpc) is 2.72. The molecule has 1 aromatic rings. The van der Waals surface area contributed by atoms with Gasteiger partial charge in [0.1, 0.15) is 12.4 Å². The van der Waals surface area contributed by atoms with E-state index < -0.39 is 0 Å². The minimum absolute atomic E-state index is 0.0230. The Bertz CT molecular complexity index is 679. The molecule has 2 amide bonds. The van der Waals surface area contributed by atoms with Crippen molar-refractivity contribution in [3.63, 3.8) is 0 Å². The number of hydrogen-bond acceptors (Lipinski definition) is 4. The van der Waals surface area contributed by atoms with E-state index in [0.29, 0.717) is 38.7 Å². The molecule has 2 heterocycles. The fourth-order valence-electron chi connectivity index (χ4n) is 4.37. The Morgan fingerprint density at radius 3 is 2.90 bits per heavy atom. The van der Waals surface area contributed by atoms with Crippen LogP contribution in [0.1, 0.15) is 51.0 Å². The van der Waals surface area contributed by atoms with Crippen molar-refractivity contribution in [1.29, 1.82) is 0 Å². The molecule has 0 spiro atoms. The number of likely N-dealkylation sites (N-methyl/N-ethyl adjacent to an activating group) is 1. The van der Waals surface area contributed by atoms with Gasteiger partial charge >= 0.3 is 0 Å². The maximum atomic E-state index is 12.9. The first-order valence-electron chi connectivity index (χ1n) is 11.2. The van der Waals surface area contributed by atoms with Crippen molar-refractivity contribution in [1.82, 2.24) is 15.1 Å². The van der Waals surface area contributed by atoms with Gasteiger partial charge in [0.2, 0.25) is 11.8 Å². The number of piperidine rings is 1. The SMILES string of the molecule is CCNC(=O)CN1CCCC(=O)N2CCCCC2CCc2cccc(c2)OCC1. The topological polar surface area (TPSA) is 61.9 Å². The Labute approximate surface area is 174 Å².